The van der Waals surface area contributed by atoms with Gasteiger partial charge in [-0.25, -0.2) is 4.98 Å². The summed E-state index contributed by atoms with van der Waals surface area (Å²) in [4.78, 5) is 9.88. The normalized spacial score (nSPS) is 20.3. The number of aliphatic hydroxyl groups excluding tert-OH is 1. The molecule has 5 heteroatoms. The van der Waals surface area contributed by atoms with Gasteiger partial charge in [-0.2, -0.15) is 0 Å². The van der Waals surface area contributed by atoms with Crippen molar-refractivity contribution in [3.05, 3.63) is 48.0 Å². The Bertz CT molecular complexity index is 600. The van der Waals surface area contributed by atoms with Gasteiger partial charge in [0.1, 0.15) is 24.3 Å². The van der Waals surface area contributed by atoms with Crippen LogP contribution in [0.4, 0.5) is 0 Å². The number of hydrogen-bond donors (Lipinski definition) is 2. The van der Waals surface area contributed by atoms with Gasteiger partial charge in [0.05, 0.1) is 0 Å². The molecule has 0 amide bonds. The fraction of sp³-hybridized carbons (Fsp3) is 0.500. The zero-order chi connectivity index (χ0) is 16.1. The van der Waals surface area contributed by atoms with Crippen molar-refractivity contribution in [3.63, 3.8) is 0 Å². The second-order valence-corrected chi connectivity index (χ2v) is 6.35. The third-order valence-corrected chi connectivity index (χ3v) is 4.31. The molecular formula is C18H25N3O2. The van der Waals surface area contributed by atoms with Gasteiger partial charge in [0.15, 0.2) is 0 Å². The molecule has 5 nitrogen and oxygen atoms in total. The van der Waals surface area contributed by atoms with Crippen molar-refractivity contribution in [1.29, 1.82) is 0 Å². The molecule has 1 fully saturated rings. The van der Waals surface area contributed by atoms with Crippen molar-refractivity contribution < 1.29 is 9.84 Å². The van der Waals surface area contributed by atoms with Crippen molar-refractivity contribution in [2.45, 2.75) is 31.8 Å². The maximum atomic E-state index is 10.3. The highest BCUT2D eigenvalue weighted by molar-refractivity contribution is 5.27. The third-order valence-electron chi connectivity index (χ3n) is 4.31. The zero-order valence-corrected chi connectivity index (χ0v) is 13.6. The second kappa shape index (κ2) is 7.62. The van der Waals surface area contributed by atoms with Crippen LogP contribution in [0.3, 0.4) is 0 Å². The van der Waals surface area contributed by atoms with Crippen LogP contribution in [0.1, 0.15) is 30.1 Å². The Morgan fingerprint density at radius 2 is 2.39 bits per heavy atom. The molecular weight excluding hydrogens is 290 g/mol. The first-order valence-corrected chi connectivity index (χ1v) is 8.30. The minimum absolute atomic E-state index is 0.325. The monoisotopic (exact) mass is 315 g/mol. The Balaban J connectivity index is 1.46. The average molecular weight is 315 g/mol. The number of hydrogen-bond acceptors (Lipinski definition) is 4. The van der Waals surface area contributed by atoms with E-state index in [9.17, 15) is 5.11 Å². The summed E-state index contributed by atoms with van der Waals surface area (Å²) in [6, 6.07) is 7.91. The van der Waals surface area contributed by atoms with E-state index in [0.717, 1.165) is 43.1 Å². The van der Waals surface area contributed by atoms with Gasteiger partial charge in [0, 0.05) is 31.4 Å². The van der Waals surface area contributed by atoms with Gasteiger partial charge >= 0.3 is 0 Å². The molecule has 0 spiro atoms. The molecule has 0 bridgehead atoms. The molecule has 3 rings (SSSR count). The Morgan fingerprint density at radius 3 is 3.17 bits per heavy atom. The molecule has 0 radical (unpaired) electrons. The van der Waals surface area contributed by atoms with E-state index in [2.05, 4.69) is 14.9 Å². The number of piperidine rings is 1. The van der Waals surface area contributed by atoms with Crippen LogP contribution in [-0.2, 0) is 0 Å². The number of H-pyrrole nitrogens is 1. The predicted octanol–water partition coefficient (Wildman–Crippen LogP) is 2.34. The molecule has 0 unspecified atom stereocenters. The van der Waals surface area contributed by atoms with E-state index in [0.29, 0.717) is 19.1 Å². The summed E-state index contributed by atoms with van der Waals surface area (Å²) in [7, 11) is 0. The van der Waals surface area contributed by atoms with Gasteiger partial charge in [-0.05, 0) is 44.0 Å². The maximum absolute atomic E-state index is 10.3. The lowest BCUT2D eigenvalue weighted by Gasteiger charge is -2.33. The van der Waals surface area contributed by atoms with E-state index in [1.165, 1.54) is 0 Å². The lowest BCUT2D eigenvalue weighted by molar-refractivity contribution is 0.0578. The topological polar surface area (TPSA) is 61.4 Å². The number of aromatic nitrogens is 2. The highest BCUT2D eigenvalue weighted by Crippen LogP contribution is 2.24. The van der Waals surface area contributed by atoms with E-state index in [-0.39, 0.29) is 0 Å². The van der Waals surface area contributed by atoms with Crippen molar-refractivity contribution in [2.75, 3.05) is 26.2 Å². The Morgan fingerprint density at radius 1 is 1.48 bits per heavy atom. The molecule has 1 aliphatic rings. The van der Waals surface area contributed by atoms with Crippen LogP contribution in [0.15, 0.2) is 36.7 Å². The van der Waals surface area contributed by atoms with Gasteiger partial charge < -0.3 is 14.8 Å². The highest BCUT2D eigenvalue weighted by atomic mass is 16.5. The standard InChI is InChI=1S/C18H25N3O2/c1-14-4-2-6-17(10-14)23-13-16(22)12-21-9-3-5-15(11-21)18-19-7-8-20-18/h2,4,6-8,10,15-16,22H,3,5,9,11-13H2,1H3,(H,19,20)/t15-,16+/m1/s1. The number of likely N-dealkylation sites (tertiary alicyclic amines) is 1. The van der Waals surface area contributed by atoms with E-state index in [4.69, 9.17) is 4.74 Å². The number of ether oxygens (including phenoxy) is 1. The third kappa shape index (κ3) is 4.56. The van der Waals surface area contributed by atoms with Crippen LogP contribution in [0.5, 0.6) is 5.75 Å². The van der Waals surface area contributed by atoms with Crippen LogP contribution >= 0.6 is 0 Å². The molecule has 23 heavy (non-hydrogen) atoms. The molecule has 1 aliphatic heterocycles. The Kier molecular flexibility index (Phi) is 5.31. The highest BCUT2D eigenvalue weighted by Gasteiger charge is 2.24. The molecule has 1 aromatic heterocycles. The average Bonchev–Trinajstić information content (AvgIpc) is 3.08. The van der Waals surface area contributed by atoms with Crippen LogP contribution in [0.25, 0.3) is 0 Å². The SMILES string of the molecule is Cc1cccc(OC[C@@H](O)CN2CCC[C@@H](c3ncc[nH]3)C2)c1. The van der Waals surface area contributed by atoms with E-state index < -0.39 is 6.10 Å². The predicted molar refractivity (Wildman–Crippen MR) is 89.7 cm³/mol. The number of β-amino-alcohol motifs (C(OH)–C–C–N with tert-alkyl or cyclic N) is 1. The molecule has 2 aromatic rings. The number of nitrogens with one attached hydrogen (secondary N) is 1. The Labute approximate surface area is 137 Å². The molecule has 0 aliphatic carbocycles. The second-order valence-electron chi connectivity index (χ2n) is 6.35. The summed E-state index contributed by atoms with van der Waals surface area (Å²) in [6.07, 6.45) is 5.49. The van der Waals surface area contributed by atoms with Crippen LogP contribution in [0, 0.1) is 6.92 Å². The fourth-order valence-corrected chi connectivity index (χ4v) is 3.19. The number of imidazole rings is 1. The quantitative estimate of drug-likeness (QED) is 0.859. The number of nitrogens with zero attached hydrogens (tertiary/aromatic N) is 2. The van der Waals surface area contributed by atoms with Crippen molar-refractivity contribution >= 4 is 0 Å². The van der Waals surface area contributed by atoms with Crippen LogP contribution < -0.4 is 4.74 Å². The number of aromatic amines is 1. The van der Waals surface area contributed by atoms with Gasteiger partial charge in [0.25, 0.3) is 0 Å². The zero-order valence-electron chi connectivity index (χ0n) is 13.6. The van der Waals surface area contributed by atoms with E-state index in [1.54, 1.807) is 6.20 Å². The van der Waals surface area contributed by atoms with Crippen molar-refractivity contribution in [3.8, 4) is 5.75 Å². The molecule has 1 aromatic carbocycles. The summed E-state index contributed by atoms with van der Waals surface area (Å²) in [5.41, 5.74) is 1.16. The Hall–Kier alpha value is -1.85. The summed E-state index contributed by atoms with van der Waals surface area (Å²) < 4.78 is 5.69. The summed E-state index contributed by atoms with van der Waals surface area (Å²) in [5, 5.41) is 10.3. The van der Waals surface area contributed by atoms with Gasteiger partial charge in [-0.1, -0.05) is 12.1 Å². The maximum Gasteiger partial charge on any atom is 0.119 e. The molecule has 0 saturated carbocycles. The summed E-state index contributed by atoms with van der Waals surface area (Å²) >= 11 is 0. The van der Waals surface area contributed by atoms with Gasteiger partial charge in [-0.15, -0.1) is 0 Å². The van der Waals surface area contributed by atoms with Crippen LogP contribution in [-0.4, -0.2) is 52.3 Å². The largest absolute Gasteiger partial charge is 0.491 e. The first-order valence-electron chi connectivity index (χ1n) is 8.30. The fourth-order valence-electron chi connectivity index (χ4n) is 3.19. The van der Waals surface area contributed by atoms with Gasteiger partial charge in [-0.3, -0.25) is 4.90 Å². The van der Waals surface area contributed by atoms with Gasteiger partial charge in [0.2, 0.25) is 0 Å². The molecule has 1 saturated heterocycles. The number of benzene rings is 1. The molecule has 2 N–H and O–H groups in total. The van der Waals surface area contributed by atoms with E-state index in [1.807, 2.05) is 37.4 Å². The van der Waals surface area contributed by atoms with E-state index >= 15 is 0 Å². The van der Waals surface area contributed by atoms with Crippen molar-refractivity contribution in [1.82, 2.24) is 14.9 Å². The number of aliphatic hydroxyl groups is 1. The summed E-state index contributed by atoms with van der Waals surface area (Å²) in [6.45, 7) is 4.97. The molecule has 2 atom stereocenters. The number of aryl methyl sites for hydroxylation is 1. The first-order chi connectivity index (χ1) is 11.2. The first kappa shape index (κ1) is 16.0. The lowest BCUT2D eigenvalue weighted by atomic mass is 9.97. The molecule has 2 heterocycles. The minimum Gasteiger partial charge on any atom is -0.491 e. The minimum atomic E-state index is -0.481. The molecule has 124 valence electrons. The summed E-state index contributed by atoms with van der Waals surface area (Å²) in [5.74, 6) is 2.31. The smallest absolute Gasteiger partial charge is 0.119 e. The van der Waals surface area contributed by atoms with Crippen LogP contribution in [0.2, 0.25) is 0 Å². The lowest BCUT2D eigenvalue weighted by Crippen LogP contribution is -2.41. The number of rotatable bonds is 6. The van der Waals surface area contributed by atoms with Crippen molar-refractivity contribution in [2.24, 2.45) is 0 Å².